The maximum absolute atomic E-state index is 12.2. The minimum atomic E-state index is 0.00926. The molecule has 0 saturated carbocycles. The van der Waals surface area contributed by atoms with Crippen molar-refractivity contribution < 1.29 is 14.4 Å². The van der Waals surface area contributed by atoms with Crippen molar-refractivity contribution in [3.05, 3.63) is 30.0 Å². The number of benzene rings is 1. The number of carbonyl (C=O) groups is 1. The van der Waals surface area contributed by atoms with Gasteiger partial charge in [0.05, 0.1) is 6.42 Å². The van der Waals surface area contributed by atoms with E-state index in [2.05, 4.69) is 5.16 Å². The highest BCUT2D eigenvalue weighted by atomic mass is 16.5. The Kier molecular flexibility index (Phi) is 4.52. The molecule has 0 aliphatic rings. The van der Waals surface area contributed by atoms with Gasteiger partial charge in [0.25, 0.3) is 0 Å². The lowest BCUT2D eigenvalue weighted by atomic mass is 10.1. The van der Waals surface area contributed by atoms with E-state index in [9.17, 15) is 4.79 Å². The summed E-state index contributed by atoms with van der Waals surface area (Å²) >= 11 is 0. The molecule has 0 spiro atoms. The van der Waals surface area contributed by atoms with E-state index in [4.69, 9.17) is 9.63 Å². The summed E-state index contributed by atoms with van der Waals surface area (Å²) in [4.78, 5) is 13.9. The predicted octanol–water partition coefficient (Wildman–Crippen LogP) is 1.60. The molecule has 19 heavy (non-hydrogen) atoms. The van der Waals surface area contributed by atoms with Crippen molar-refractivity contribution in [3.63, 3.8) is 0 Å². The van der Waals surface area contributed by atoms with E-state index >= 15 is 0 Å². The van der Waals surface area contributed by atoms with Crippen LogP contribution in [-0.2, 0) is 11.2 Å². The van der Waals surface area contributed by atoms with Gasteiger partial charge in [-0.2, -0.15) is 0 Å². The van der Waals surface area contributed by atoms with Crippen LogP contribution in [0.25, 0.3) is 11.0 Å². The number of carbonyl (C=O) groups excluding carboxylic acids is 1. The van der Waals surface area contributed by atoms with Crippen LogP contribution in [0.2, 0.25) is 0 Å². The number of hydrogen-bond acceptors (Lipinski definition) is 4. The summed E-state index contributed by atoms with van der Waals surface area (Å²) < 4.78 is 5.18. The highest BCUT2D eigenvalue weighted by molar-refractivity contribution is 5.86. The third-order valence-electron chi connectivity index (χ3n) is 3.09. The number of nitrogens with zero attached hydrogens (tertiary/aromatic N) is 2. The van der Waals surface area contributed by atoms with Gasteiger partial charge in [-0.1, -0.05) is 17.3 Å². The number of aromatic nitrogens is 1. The number of likely N-dealkylation sites (N-methyl/N-ethyl adjacent to an activating group) is 1. The van der Waals surface area contributed by atoms with Crippen molar-refractivity contribution in [2.75, 3.05) is 19.7 Å². The predicted molar refractivity (Wildman–Crippen MR) is 71.7 cm³/mol. The first-order valence-corrected chi connectivity index (χ1v) is 6.48. The summed E-state index contributed by atoms with van der Waals surface area (Å²) in [6.07, 6.45) is 0.829. The SMILES string of the molecule is CCN(CCCO)C(=O)Cc1noc2ccccc12. The molecule has 0 unspecified atom stereocenters. The molecule has 0 aliphatic heterocycles. The molecule has 0 radical (unpaired) electrons. The van der Waals surface area contributed by atoms with Crippen LogP contribution in [0.5, 0.6) is 0 Å². The van der Waals surface area contributed by atoms with E-state index in [-0.39, 0.29) is 18.9 Å². The van der Waals surface area contributed by atoms with Gasteiger partial charge in [-0.15, -0.1) is 0 Å². The first kappa shape index (κ1) is 13.5. The first-order chi connectivity index (χ1) is 9.26. The first-order valence-electron chi connectivity index (χ1n) is 6.48. The highest BCUT2D eigenvalue weighted by Gasteiger charge is 2.16. The molecule has 0 saturated heterocycles. The Morgan fingerprint density at radius 1 is 1.42 bits per heavy atom. The summed E-state index contributed by atoms with van der Waals surface area (Å²) in [6, 6.07) is 7.51. The van der Waals surface area contributed by atoms with E-state index in [1.54, 1.807) is 4.90 Å². The Morgan fingerprint density at radius 3 is 2.95 bits per heavy atom. The summed E-state index contributed by atoms with van der Waals surface area (Å²) in [5.41, 5.74) is 1.37. The molecule has 1 N–H and O–H groups in total. The highest BCUT2D eigenvalue weighted by Crippen LogP contribution is 2.18. The molecular weight excluding hydrogens is 244 g/mol. The molecule has 1 aromatic carbocycles. The quantitative estimate of drug-likeness (QED) is 0.858. The molecule has 2 aromatic rings. The molecule has 102 valence electrons. The maximum Gasteiger partial charge on any atom is 0.228 e. The third-order valence-corrected chi connectivity index (χ3v) is 3.09. The Morgan fingerprint density at radius 2 is 2.21 bits per heavy atom. The van der Waals surface area contributed by atoms with Gasteiger partial charge >= 0.3 is 0 Å². The van der Waals surface area contributed by atoms with E-state index in [0.29, 0.717) is 30.8 Å². The van der Waals surface area contributed by atoms with Crippen molar-refractivity contribution >= 4 is 16.9 Å². The van der Waals surface area contributed by atoms with Crippen LogP contribution in [0.1, 0.15) is 19.0 Å². The van der Waals surface area contributed by atoms with Gasteiger partial charge in [-0.3, -0.25) is 4.79 Å². The third kappa shape index (κ3) is 3.12. The van der Waals surface area contributed by atoms with Gasteiger partial charge in [0.15, 0.2) is 5.58 Å². The molecule has 0 fully saturated rings. The van der Waals surface area contributed by atoms with Crippen molar-refractivity contribution in [3.8, 4) is 0 Å². The fraction of sp³-hybridized carbons (Fsp3) is 0.429. The minimum absolute atomic E-state index is 0.00926. The van der Waals surface area contributed by atoms with E-state index < -0.39 is 0 Å². The molecule has 1 amide bonds. The topological polar surface area (TPSA) is 66.6 Å². The second-order valence-electron chi connectivity index (χ2n) is 4.35. The molecule has 1 aromatic heterocycles. The van der Waals surface area contributed by atoms with Gasteiger partial charge in [0.1, 0.15) is 5.69 Å². The number of aliphatic hydroxyl groups excluding tert-OH is 1. The van der Waals surface area contributed by atoms with Gasteiger partial charge in [0.2, 0.25) is 5.91 Å². The lowest BCUT2D eigenvalue weighted by molar-refractivity contribution is -0.130. The molecule has 1 heterocycles. The zero-order chi connectivity index (χ0) is 13.7. The van der Waals surface area contributed by atoms with Crippen LogP contribution in [0.15, 0.2) is 28.8 Å². The normalized spacial score (nSPS) is 10.8. The summed E-state index contributed by atoms with van der Waals surface area (Å²) in [7, 11) is 0. The summed E-state index contributed by atoms with van der Waals surface area (Å²) in [5.74, 6) is 0.00926. The van der Waals surface area contributed by atoms with E-state index in [1.165, 1.54) is 0 Å². The second-order valence-corrected chi connectivity index (χ2v) is 4.35. The van der Waals surface area contributed by atoms with Gasteiger partial charge in [-0.25, -0.2) is 0 Å². The molecule has 5 nitrogen and oxygen atoms in total. The fourth-order valence-corrected chi connectivity index (χ4v) is 2.04. The van der Waals surface area contributed by atoms with Crippen LogP contribution in [-0.4, -0.2) is 40.8 Å². The molecule has 0 atom stereocenters. The van der Waals surface area contributed by atoms with Gasteiger partial charge < -0.3 is 14.5 Å². The maximum atomic E-state index is 12.2. The van der Waals surface area contributed by atoms with E-state index in [1.807, 2.05) is 31.2 Å². The van der Waals surface area contributed by atoms with Crippen molar-refractivity contribution in [1.29, 1.82) is 0 Å². The van der Waals surface area contributed by atoms with Crippen LogP contribution in [0.4, 0.5) is 0 Å². The zero-order valence-electron chi connectivity index (χ0n) is 11.0. The Bertz CT molecular complexity index is 550. The number of rotatable bonds is 6. The number of amides is 1. The molecule has 5 heteroatoms. The second kappa shape index (κ2) is 6.33. The average molecular weight is 262 g/mol. The smallest absolute Gasteiger partial charge is 0.228 e. The zero-order valence-corrected chi connectivity index (χ0v) is 11.0. The average Bonchev–Trinajstić information content (AvgIpc) is 2.83. The van der Waals surface area contributed by atoms with E-state index in [0.717, 1.165) is 5.39 Å². The monoisotopic (exact) mass is 262 g/mol. The Labute approximate surface area is 111 Å². The summed E-state index contributed by atoms with van der Waals surface area (Å²) in [5, 5.41) is 13.7. The van der Waals surface area contributed by atoms with Crippen molar-refractivity contribution in [1.82, 2.24) is 10.1 Å². The number of fused-ring (bicyclic) bond motifs is 1. The standard InChI is InChI=1S/C14H18N2O3/c1-2-16(8-5-9-17)14(18)10-12-11-6-3-4-7-13(11)19-15-12/h3-4,6-7,17H,2,5,8-10H2,1H3. The molecular formula is C14H18N2O3. The van der Waals surface area contributed by atoms with Crippen LogP contribution in [0.3, 0.4) is 0 Å². The van der Waals surface area contributed by atoms with Crippen molar-refractivity contribution in [2.45, 2.75) is 19.8 Å². The number of aliphatic hydroxyl groups is 1. The summed E-state index contributed by atoms with van der Waals surface area (Å²) in [6.45, 7) is 3.23. The van der Waals surface area contributed by atoms with Gasteiger partial charge in [-0.05, 0) is 25.5 Å². The minimum Gasteiger partial charge on any atom is -0.396 e. The van der Waals surface area contributed by atoms with Crippen LogP contribution < -0.4 is 0 Å². The lowest BCUT2D eigenvalue weighted by Crippen LogP contribution is -2.33. The largest absolute Gasteiger partial charge is 0.396 e. The number of para-hydroxylation sites is 1. The molecule has 0 aliphatic carbocycles. The molecule has 0 bridgehead atoms. The van der Waals surface area contributed by atoms with Gasteiger partial charge in [0, 0.05) is 25.1 Å². The van der Waals surface area contributed by atoms with Crippen molar-refractivity contribution in [2.24, 2.45) is 0 Å². The Balaban J connectivity index is 2.09. The number of hydrogen-bond donors (Lipinski definition) is 1. The van der Waals surface area contributed by atoms with Crippen LogP contribution in [0, 0.1) is 0 Å². The fourth-order valence-electron chi connectivity index (χ4n) is 2.04. The lowest BCUT2D eigenvalue weighted by Gasteiger charge is -2.19. The molecule has 2 rings (SSSR count). The van der Waals surface area contributed by atoms with Crippen LogP contribution >= 0.6 is 0 Å². The Hall–Kier alpha value is -1.88.